The lowest BCUT2D eigenvalue weighted by atomic mass is 9.80. The van der Waals surface area contributed by atoms with E-state index in [1.54, 1.807) is 6.92 Å². The maximum atomic E-state index is 12.7. The quantitative estimate of drug-likeness (QED) is 0.818. The molecular formula is C23H30N4O3. The first kappa shape index (κ1) is 20.6. The van der Waals surface area contributed by atoms with Gasteiger partial charge in [-0.1, -0.05) is 48.8 Å². The van der Waals surface area contributed by atoms with Crippen LogP contribution in [0.15, 0.2) is 28.8 Å². The molecule has 1 aliphatic heterocycles. The van der Waals surface area contributed by atoms with Crippen molar-refractivity contribution in [3.8, 4) is 0 Å². The lowest BCUT2D eigenvalue weighted by Gasteiger charge is -2.26. The molecule has 2 aliphatic rings. The summed E-state index contributed by atoms with van der Waals surface area (Å²) < 4.78 is 5.59. The Morgan fingerprint density at radius 3 is 2.63 bits per heavy atom. The van der Waals surface area contributed by atoms with Crippen molar-refractivity contribution in [3.63, 3.8) is 0 Å². The summed E-state index contributed by atoms with van der Waals surface area (Å²) in [6, 6.07) is 8.08. The second kappa shape index (κ2) is 7.85. The minimum atomic E-state index is -0.381. The largest absolute Gasteiger partial charge is 0.353 e. The summed E-state index contributed by atoms with van der Waals surface area (Å²) in [4.78, 5) is 31.7. The summed E-state index contributed by atoms with van der Waals surface area (Å²) in [5, 5.41) is 7.20. The van der Waals surface area contributed by atoms with E-state index < -0.39 is 0 Å². The van der Waals surface area contributed by atoms with Gasteiger partial charge in [-0.25, -0.2) is 0 Å². The Morgan fingerprint density at radius 2 is 2.00 bits per heavy atom. The zero-order valence-electron chi connectivity index (χ0n) is 18.1. The molecule has 1 N–H and O–H groups in total. The fourth-order valence-corrected chi connectivity index (χ4v) is 5.01. The van der Waals surface area contributed by atoms with Gasteiger partial charge in [0, 0.05) is 25.0 Å². The molecule has 1 saturated carbocycles. The molecule has 160 valence electrons. The van der Waals surface area contributed by atoms with Crippen LogP contribution in [-0.4, -0.2) is 46.0 Å². The van der Waals surface area contributed by atoms with Gasteiger partial charge in [-0.2, -0.15) is 4.98 Å². The summed E-state index contributed by atoms with van der Waals surface area (Å²) in [6.07, 6.45) is 1.88. The molecule has 2 aromatic rings. The third-order valence-electron chi connectivity index (χ3n) is 6.48. The molecular weight excluding hydrogens is 380 g/mol. The predicted molar refractivity (Wildman–Crippen MR) is 112 cm³/mol. The topological polar surface area (TPSA) is 88.3 Å². The SMILES string of the molecule is Cc1ccc(CC(=O)N[C@@H]2CC3CN(C(=O)C(C)C)C[C@@]3(c3nc(C)no3)C2)cc1. The van der Waals surface area contributed by atoms with Gasteiger partial charge in [0.15, 0.2) is 5.82 Å². The Labute approximate surface area is 177 Å². The van der Waals surface area contributed by atoms with Crippen molar-refractivity contribution < 1.29 is 14.1 Å². The Kier molecular flexibility index (Phi) is 5.38. The van der Waals surface area contributed by atoms with Crippen LogP contribution in [0.1, 0.15) is 49.5 Å². The van der Waals surface area contributed by atoms with Crippen LogP contribution in [0.2, 0.25) is 0 Å². The Balaban J connectivity index is 1.48. The molecule has 7 heteroatoms. The van der Waals surface area contributed by atoms with Crippen molar-refractivity contribution in [3.05, 3.63) is 47.1 Å². The second-order valence-corrected chi connectivity index (χ2v) is 9.24. The van der Waals surface area contributed by atoms with Gasteiger partial charge in [0.25, 0.3) is 0 Å². The molecule has 1 unspecified atom stereocenters. The molecule has 1 aromatic carbocycles. The summed E-state index contributed by atoms with van der Waals surface area (Å²) in [5.74, 6) is 1.52. The van der Waals surface area contributed by atoms with E-state index >= 15 is 0 Å². The van der Waals surface area contributed by atoms with Crippen molar-refractivity contribution in [2.75, 3.05) is 13.1 Å². The van der Waals surface area contributed by atoms with E-state index in [0.717, 1.165) is 12.0 Å². The molecule has 0 spiro atoms. The number of hydrogen-bond acceptors (Lipinski definition) is 5. The predicted octanol–water partition coefficient (Wildman–Crippen LogP) is 2.56. The molecule has 7 nitrogen and oxygen atoms in total. The first-order valence-electron chi connectivity index (χ1n) is 10.7. The van der Waals surface area contributed by atoms with Gasteiger partial charge in [-0.15, -0.1) is 0 Å². The third-order valence-corrected chi connectivity index (χ3v) is 6.48. The molecule has 2 fully saturated rings. The first-order valence-corrected chi connectivity index (χ1v) is 10.7. The Morgan fingerprint density at radius 1 is 1.27 bits per heavy atom. The summed E-state index contributed by atoms with van der Waals surface area (Å²) >= 11 is 0. The molecule has 1 aliphatic carbocycles. The van der Waals surface area contributed by atoms with Gasteiger partial charge < -0.3 is 14.7 Å². The standard InChI is InChI=1S/C23H30N4O3/c1-14(2)21(29)27-12-18-10-19(11-23(18,13-27)22-24-16(4)26-30-22)25-20(28)9-17-7-5-15(3)6-8-17/h5-8,14,18-19H,9-13H2,1-4H3,(H,25,28)/t18?,19-,23+/m1/s1. The van der Waals surface area contributed by atoms with Crippen LogP contribution < -0.4 is 5.32 Å². The number of rotatable bonds is 5. The van der Waals surface area contributed by atoms with E-state index in [9.17, 15) is 9.59 Å². The number of amides is 2. The number of carbonyl (C=O) groups excluding carboxylic acids is 2. The molecule has 3 atom stereocenters. The number of hydrogen-bond donors (Lipinski definition) is 1. The zero-order chi connectivity index (χ0) is 21.5. The highest BCUT2D eigenvalue weighted by Crippen LogP contribution is 2.50. The number of benzene rings is 1. The fourth-order valence-electron chi connectivity index (χ4n) is 5.01. The lowest BCUT2D eigenvalue weighted by molar-refractivity contribution is -0.134. The number of carbonyl (C=O) groups is 2. The maximum absolute atomic E-state index is 12.7. The lowest BCUT2D eigenvalue weighted by Crippen LogP contribution is -2.40. The van der Waals surface area contributed by atoms with E-state index in [2.05, 4.69) is 15.5 Å². The average Bonchev–Trinajstić information content (AvgIpc) is 3.35. The van der Waals surface area contributed by atoms with Gasteiger partial charge in [-0.05, 0) is 38.2 Å². The number of likely N-dealkylation sites (tertiary alicyclic amines) is 1. The highest BCUT2D eigenvalue weighted by Gasteiger charge is 2.58. The normalized spacial score (nSPS) is 25.6. The number of nitrogens with one attached hydrogen (secondary N) is 1. The Hall–Kier alpha value is -2.70. The van der Waals surface area contributed by atoms with E-state index in [1.165, 1.54) is 5.56 Å². The maximum Gasteiger partial charge on any atom is 0.235 e. The number of fused-ring (bicyclic) bond motifs is 1. The van der Waals surface area contributed by atoms with Crippen LogP contribution in [-0.2, 0) is 21.4 Å². The highest BCUT2D eigenvalue weighted by atomic mass is 16.5. The second-order valence-electron chi connectivity index (χ2n) is 9.24. The molecule has 1 aromatic heterocycles. The van der Waals surface area contributed by atoms with Crippen LogP contribution >= 0.6 is 0 Å². The molecule has 0 bridgehead atoms. The third kappa shape index (κ3) is 3.85. The van der Waals surface area contributed by atoms with E-state index in [4.69, 9.17) is 4.52 Å². The van der Waals surface area contributed by atoms with Crippen LogP contribution in [0.25, 0.3) is 0 Å². The zero-order valence-corrected chi connectivity index (χ0v) is 18.1. The van der Waals surface area contributed by atoms with Crippen molar-refractivity contribution in [1.82, 2.24) is 20.4 Å². The van der Waals surface area contributed by atoms with Gasteiger partial charge in [0.2, 0.25) is 17.7 Å². The molecule has 2 amide bonds. The van der Waals surface area contributed by atoms with Crippen LogP contribution in [0.4, 0.5) is 0 Å². The van der Waals surface area contributed by atoms with E-state index in [1.807, 2.05) is 49.9 Å². The van der Waals surface area contributed by atoms with E-state index in [-0.39, 0.29) is 35.1 Å². The van der Waals surface area contributed by atoms with Gasteiger partial charge in [-0.3, -0.25) is 9.59 Å². The minimum Gasteiger partial charge on any atom is -0.353 e. The van der Waals surface area contributed by atoms with Crippen LogP contribution in [0, 0.1) is 25.7 Å². The molecule has 1 saturated heterocycles. The van der Waals surface area contributed by atoms with Gasteiger partial charge in [0.1, 0.15) is 0 Å². The first-order chi connectivity index (χ1) is 14.3. The average molecular weight is 411 g/mol. The summed E-state index contributed by atoms with van der Waals surface area (Å²) in [7, 11) is 0. The number of aromatic nitrogens is 2. The molecule has 0 radical (unpaired) electrons. The van der Waals surface area contributed by atoms with Crippen molar-refractivity contribution in [2.24, 2.45) is 11.8 Å². The Bertz CT molecular complexity index is 936. The molecule has 2 heterocycles. The minimum absolute atomic E-state index is 0.0239. The fraction of sp³-hybridized carbons (Fsp3) is 0.565. The number of aryl methyl sites for hydroxylation is 2. The van der Waals surface area contributed by atoms with Crippen LogP contribution in [0.5, 0.6) is 0 Å². The monoisotopic (exact) mass is 410 g/mol. The summed E-state index contributed by atoms with van der Waals surface area (Å²) in [6.45, 7) is 8.93. The summed E-state index contributed by atoms with van der Waals surface area (Å²) in [5.41, 5.74) is 1.81. The van der Waals surface area contributed by atoms with Crippen LogP contribution in [0.3, 0.4) is 0 Å². The van der Waals surface area contributed by atoms with E-state index in [0.29, 0.717) is 37.6 Å². The van der Waals surface area contributed by atoms with Crippen molar-refractivity contribution in [1.29, 1.82) is 0 Å². The van der Waals surface area contributed by atoms with Gasteiger partial charge in [0.05, 0.1) is 11.8 Å². The number of nitrogens with zero attached hydrogens (tertiary/aromatic N) is 3. The molecule has 30 heavy (non-hydrogen) atoms. The van der Waals surface area contributed by atoms with Crippen molar-refractivity contribution in [2.45, 2.75) is 58.4 Å². The smallest absolute Gasteiger partial charge is 0.235 e. The van der Waals surface area contributed by atoms with Crippen molar-refractivity contribution >= 4 is 11.8 Å². The van der Waals surface area contributed by atoms with Gasteiger partial charge >= 0.3 is 0 Å². The molecule has 4 rings (SSSR count). The highest BCUT2D eigenvalue weighted by molar-refractivity contribution is 5.79.